The third-order valence-corrected chi connectivity index (χ3v) is 7.97. The van der Waals surface area contributed by atoms with Crippen LogP contribution in [0, 0.1) is 0 Å². The Labute approximate surface area is 305 Å². The standard InChI is InChI=1S/C43H70N2O5/c1-3-5-7-8-9-10-11-12-13-14-15-16-17-18-19-20-21-22-23-24-25-26-31-37-42(47)50-39(33-28-6-4-2)34-29-27-30-36-41(46)45-40(43(48)49)35-32-38-44/h5,7,9-10,12-13,15-16,18-19,21-22,24-25,39-40H,3-4,6,8,11,14,17,20,23,26-38,44H2,1-2H3,(H,45,46)(H,48,49)/b7-5-,10-9-,13-12-,16-15-,19-18-,22-21-,25-24-. The summed E-state index contributed by atoms with van der Waals surface area (Å²) >= 11 is 0. The minimum Gasteiger partial charge on any atom is -0.480 e. The molecule has 0 spiro atoms. The molecule has 0 radical (unpaired) electrons. The minimum atomic E-state index is -1.03. The van der Waals surface area contributed by atoms with Gasteiger partial charge < -0.3 is 20.9 Å². The van der Waals surface area contributed by atoms with Gasteiger partial charge in [-0.25, -0.2) is 4.79 Å². The number of carbonyl (C=O) groups excluding carboxylic acids is 2. The summed E-state index contributed by atoms with van der Waals surface area (Å²) in [6.45, 7) is 4.71. The van der Waals surface area contributed by atoms with Crippen LogP contribution in [-0.2, 0) is 19.1 Å². The van der Waals surface area contributed by atoms with Crippen molar-refractivity contribution < 1.29 is 24.2 Å². The van der Waals surface area contributed by atoms with Crippen LogP contribution in [0.15, 0.2) is 85.1 Å². The smallest absolute Gasteiger partial charge is 0.326 e. The lowest BCUT2D eigenvalue weighted by Gasteiger charge is -2.18. The van der Waals surface area contributed by atoms with Crippen molar-refractivity contribution in [2.24, 2.45) is 5.73 Å². The zero-order valence-electron chi connectivity index (χ0n) is 31.5. The van der Waals surface area contributed by atoms with Gasteiger partial charge >= 0.3 is 11.9 Å². The molecule has 4 N–H and O–H groups in total. The molecule has 0 aromatic carbocycles. The van der Waals surface area contributed by atoms with E-state index < -0.39 is 12.0 Å². The Morgan fingerprint density at radius 2 is 1.10 bits per heavy atom. The fourth-order valence-corrected chi connectivity index (χ4v) is 5.08. The summed E-state index contributed by atoms with van der Waals surface area (Å²) in [5, 5.41) is 11.9. The van der Waals surface area contributed by atoms with Crippen LogP contribution < -0.4 is 11.1 Å². The summed E-state index contributed by atoms with van der Waals surface area (Å²) in [6, 6.07) is -0.883. The van der Waals surface area contributed by atoms with Gasteiger partial charge in [0.15, 0.2) is 0 Å². The van der Waals surface area contributed by atoms with Gasteiger partial charge in [0.1, 0.15) is 12.1 Å². The Bertz CT molecular complexity index is 1050. The van der Waals surface area contributed by atoms with Crippen LogP contribution in [-0.4, -0.2) is 41.6 Å². The highest BCUT2D eigenvalue weighted by molar-refractivity contribution is 5.83. The third kappa shape index (κ3) is 33.1. The molecule has 0 saturated carbocycles. The first-order valence-corrected chi connectivity index (χ1v) is 19.4. The molecule has 7 heteroatoms. The number of amides is 1. The molecule has 0 aliphatic heterocycles. The summed E-state index contributed by atoms with van der Waals surface area (Å²) in [4.78, 5) is 36.0. The van der Waals surface area contributed by atoms with Crippen molar-refractivity contribution in [3.8, 4) is 0 Å². The predicted octanol–water partition coefficient (Wildman–Crippen LogP) is 10.6. The summed E-state index contributed by atoms with van der Waals surface area (Å²) in [5.74, 6) is -1.40. The van der Waals surface area contributed by atoms with Crippen LogP contribution in [0.4, 0.5) is 0 Å². The van der Waals surface area contributed by atoms with Crippen LogP contribution in [0.25, 0.3) is 0 Å². The molecule has 282 valence electrons. The number of hydrogen-bond acceptors (Lipinski definition) is 5. The van der Waals surface area contributed by atoms with E-state index in [0.29, 0.717) is 38.6 Å². The molecule has 0 bridgehead atoms. The molecule has 0 aliphatic carbocycles. The normalized spacial score (nSPS) is 13.7. The predicted molar refractivity (Wildman–Crippen MR) is 211 cm³/mol. The first-order chi connectivity index (χ1) is 24.4. The highest BCUT2D eigenvalue weighted by Crippen LogP contribution is 2.16. The van der Waals surface area contributed by atoms with E-state index in [1.54, 1.807) is 0 Å². The van der Waals surface area contributed by atoms with Crippen LogP contribution in [0.5, 0.6) is 0 Å². The lowest BCUT2D eigenvalue weighted by atomic mass is 10.0. The zero-order chi connectivity index (χ0) is 36.8. The molecule has 0 aromatic rings. The maximum atomic E-state index is 12.5. The van der Waals surface area contributed by atoms with Gasteiger partial charge in [-0.2, -0.15) is 0 Å². The second kappa shape index (κ2) is 36.8. The highest BCUT2D eigenvalue weighted by Gasteiger charge is 2.19. The SMILES string of the molecule is CC/C=C\C/C=C\C/C=C\C/C=C\C/C=C\C/C=C\C/C=C\CCCC(=O)OC(CCCCC)CCCCCC(=O)NC(CCCN)C(=O)O. The number of nitrogens with two attached hydrogens (primary N) is 1. The maximum absolute atomic E-state index is 12.5. The lowest BCUT2D eigenvalue weighted by molar-refractivity contribution is -0.150. The number of carboxylic acid groups (broad SMARTS) is 1. The van der Waals surface area contributed by atoms with Crippen LogP contribution >= 0.6 is 0 Å². The fourth-order valence-electron chi connectivity index (χ4n) is 5.08. The number of aliphatic carboxylic acids is 1. The van der Waals surface area contributed by atoms with Crippen molar-refractivity contribution in [3.63, 3.8) is 0 Å². The van der Waals surface area contributed by atoms with Crippen LogP contribution in [0.3, 0.4) is 0 Å². The molecule has 0 fully saturated rings. The third-order valence-electron chi connectivity index (χ3n) is 7.97. The number of ether oxygens (including phenoxy) is 1. The number of unbranched alkanes of at least 4 members (excludes halogenated alkanes) is 5. The second-order valence-corrected chi connectivity index (χ2v) is 12.6. The summed E-state index contributed by atoms with van der Waals surface area (Å²) < 4.78 is 5.84. The summed E-state index contributed by atoms with van der Waals surface area (Å²) in [7, 11) is 0. The van der Waals surface area contributed by atoms with Crippen molar-refractivity contribution in [1.82, 2.24) is 5.32 Å². The molecule has 7 nitrogen and oxygen atoms in total. The molecule has 0 aromatic heterocycles. The van der Waals surface area contributed by atoms with Crippen molar-refractivity contribution in [1.29, 1.82) is 0 Å². The van der Waals surface area contributed by atoms with E-state index in [4.69, 9.17) is 10.5 Å². The lowest BCUT2D eigenvalue weighted by Crippen LogP contribution is -2.40. The van der Waals surface area contributed by atoms with Gasteiger partial charge in [-0.3, -0.25) is 9.59 Å². The molecule has 1 amide bonds. The van der Waals surface area contributed by atoms with E-state index in [2.05, 4.69) is 104 Å². The Morgan fingerprint density at radius 3 is 1.58 bits per heavy atom. The molecule has 0 aliphatic rings. The number of hydrogen-bond donors (Lipinski definition) is 3. The Kier molecular flexibility index (Phi) is 34.3. The molecule has 0 heterocycles. The van der Waals surface area contributed by atoms with Crippen LogP contribution in [0.1, 0.15) is 149 Å². The van der Waals surface area contributed by atoms with E-state index in [0.717, 1.165) is 103 Å². The number of allylic oxidation sites excluding steroid dienone is 14. The highest BCUT2D eigenvalue weighted by atomic mass is 16.5. The first-order valence-electron chi connectivity index (χ1n) is 19.4. The summed E-state index contributed by atoms with van der Waals surface area (Å²) in [6.07, 6.45) is 48.1. The largest absolute Gasteiger partial charge is 0.480 e. The van der Waals surface area contributed by atoms with Crippen molar-refractivity contribution >= 4 is 17.8 Å². The fraction of sp³-hybridized carbons (Fsp3) is 0.605. The molecule has 2 atom stereocenters. The zero-order valence-corrected chi connectivity index (χ0v) is 31.5. The first kappa shape index (κ1) is 46.5. The van der Waals surface area contributed by atoms with Crippen LogP contribution in [0.2, 0.25) is 0 Å². The Morgan fingerprint density at radius 1 is 0.600 bits per heavy atom. The van der Waals surface area contributed by atoms with Gasteiger partial charge in [0, 0.05) is 12.8 Å². The van der Waals surface area contributed by atoms with Gasteiger partial charge in [-0.1, -0.05) is 118 Å². The molecule has 0 rings (SSSR count). The van der Waals surface area contributed by atoms with E-state index in [9.17, 15) is 19.5 Å². The molecule has 2 unspecified atom stereocenters. The molecule has 50 heavy (non-hydrogen) atoms. The average Bonchev–Trinajstić information content (AvgIpc) is 3.10. The van der Waals surface area contributed by atoms with E-state index >= 15 is 0 Å². The Balaban J connectivity index is 4.09. The van der Waals surface area contributed by atoms with Gasteiger partial charge in [0.05, 0.1) is 0 Å². The van der Waals surface area contributed by atoms with E-state index in [1.807, 2.05) is 0 Å². The van der Waals surface area contributed by atoms with E-state index in [-0.39, 0.29) is 18.0 Å². The number of carbonyl (C=O) groups is 3. The number of rotatable bonds is 33. The molecule has 0 saturated heterocycles. The van der Waals surface area contributed by atoms with E-state index in [1.165, 1.54) is 0 Å². The van der Waals surface area contributed by atoms with Gasteiger partial charge in [0.2, 0.25) is 5.91 Å². The quantitative estimate of drug-likeness (QED) is 0.0357. The molecular weight excluding hydrogens is 624 g/mol. The average molecular weight is 695 g/mol. The maximum Gasteiger partial charge on any atom is 0.326 e. The number of nitrogens with one attached hydrogen (secondary N) is 1. The van der Waals surface area contributed by atoms with Crippen molar-refractivity contribution in [3.05, 3.63) is 85.1 Å². The molecular formula is C43H70N2O5. The van der Waals surface area contributed by atoms with Gasteiger partial charge in [0.25, 0.3) is 0 Å². The monoisotopic (exact) mass is 695 g/mol. The number of esters is 1. The van der Waals surface area contributed by atoms with Gasteiger partial charge in [-0.05, 0) is 109 Å². The topological polar surface area (TPSA) is 119 Å². The Hall–Kier alpha value is -3.45. The van der Waals surface area contributed by atoms with Gasteiger partial charge in [-0.15, -0.1) is 0 Å². The minimum absolute atomic E-state index is 0.0841. The summed E-state index contributed by atoms with van der Waals surface area (Å²) in [5.41, 5.74) is 5.46. The second-order valence-electron chi connectivity index (χ2n) is 12.6. The number of carboxylic acids is 1. The van der Waals surface area contributed by atoms with Crippen molar-refractivity contribution in [2.45, 2.75) is 161 Å². The van der Waals surface area contributed by atoms with Crippen molar-refractivity contribution in [2.75, 3.05) is 6.54 Å².